The summed E-state index contributed by atoms with van der Waals surface area (Å²) in [7, 11) is 1.61. The monoisotopic (exact) mass is 306 g/mol. The van der Waals surface area contributed by atoms with E-state index in [1.165, 1.54) is 6.92 Å². The molecular weight excluding hydrogens is 288 g/mol. The summed E-state index contributed by atoms with van der Waals surface area (Å²) < 4.78 is 5.17. The average Bonchev–Trinajstić information content (AvgIpc) is 2.50. The minimum Gasteiger partial charge on any atom is -0.497 e. The molecule has 0 spiro atoms. The van der Waals surface area contributed by atoms with Crippen LogP contribution >= 0.6 is 11.8 Å². The molecule has 2 aromatic rings. The van der Waals surface area contributed by atoms with Crippen LogP contribution in [-0.4, -0.2) is 34.3 Å². The molecule has 0 saturated carbocycles. The molecule has 2 rings (SSSR count). The van der Waals surface area contributed by atoms with Gasteiger partial charge >= 0.3 is 0 Å². The van der Waals surface area contributed by atoms with Crippen molar-refractivity contribution < 1.29 is 19.7 Å². The summed E-state index contributed by atoms with van der Waals surface area (Å²) in [5, 5.41) is 22.0. The summed E-state index contributed by atoms with van der Waals surface area (Å²) in [6.45, 7) is 1.44. The second-order valence-corrected chi connectivity index (χ2v) is 5.98. The van der Waals surface area contributed by atoms with E-state index in [-0.39, 0.29) is 10.9 Å². The third-order valence-electron chi connectivity index (χ3n) is 3.23. The molecule has 0 bridgehead atoms. The van der Waals surface area contributed by atoms with Crippen molar-refractivity contribution in [3.05, 3.63) is 42.0 Å². The summed E-state index contributed by atoms with van der Waals surface area (Å²) in [4.78, 5) is 10.9. The third kappa shape index (κ3) is 3.97. The summed E-state index contributed by atoms with van der Waals surface area (Å²) in [5.41, 5.74) is 0.629. The van der Waals surface area contributed by atoms with Gasteiger partial charge in [0.2, 0.25) is 0 Å². The molecular formula is C16H18O4S. The number of carbonyl (C=O) groups excluding carboxylic acids is 1. The van der Waals surface area contributed by atoms with E-state index < -0.39 is 12.2 Å². The highest BCUT2D eigenvalue weighted by Crippen LogP contribution is 2.26. The lowest BCUT2D eigenvalue weighted by Gasteiger charge is -2.18. The molecule has 0 radical (unpaired) electrons. The number of carbonyl (C=O) groups is 1. The van der Waals surface area contributed by atoms with E-state index in [0.717, 1.165) is 28.3 Å². The SMILES string of the molecule is COc1ccc2cc(C(O)C(O)CSC(C)=O)ccc2c1. The first-order valence-electron chi connectivity index (χ1n) is 6.58. The standard InChI is InChI=1S/C16H18O4S/c1-10(17)21-9-15(18)16(19)13-4-3-12-8-14(20-2)6-5-11(12)7-13/h3-8,15-16,18-19H,9H2,1-2H3. The van der Waals surface area contributed by atoms with E-state index in [1.54, 1.807) is 13.2 Å². The predicted octanol–water partition coefficient (Wildman–Crippen LogP) is 2.52. The number of ether oxygens (including phenoxy) is 1. The van der Waals surface area contributed by atoms with Crippen molar-refractivity contribution >= 4 is 27.6 Å². The van der Waals surface area contributed by atoms with Crippen molar-refractivity contribution in [3.8, 4) is 5.75 Å². The number of aliphatic hydroxyl groups excluding tert-OH is 2. The highest BCUT2D eigenvalue weighted by Gasteiger charge is 2.19. The Bertz CT molecular complexity index is 641. The third-order valence-corrected chi connectivity index (χ3v) is 4.15. The smallest absolute Gasteiger partial charge is 0.185 e. The summed E-state index contributed by atoms with van der Waals surface area (Å²) in [6, 6.07) is 11.1. The van der Waals surface area contributed by atoms with Gasteiger partial charge in [0.1, 0.15) is 11.9 Å². The molecule has 2 aromatic carbocycles. The lowest BCUT2D eigenvalue weighted by molar-refractivity contribution is -0.109. The molecule has 2 N–H and O–H groups in total. The van der Waals surface area contributed by atoms with Crippen molar-refractivity contribution in [3.63, 3.8) is 0 Å². The molecule has 112 valence electrons. The van der Waals surface area contributed by atoms with Gasteiger partial charge in [-0.3, -0.25) is 4.79 Å². The number of rotatable bonds is 5. The first-order valence-corrected chi connectivity index (χ1v) is 7.57. The predicted molar refractivity (Wildman–Crippen MR) is 84.6 cm³/mol. The van der Waals surface area contributed by atoms with Crippen LogP contribution in [0.1, 0.15) is 18.6 Å². The molecule has 5 heteroatoms. The fourth-order valence-electron chi connectivity index (χ4n) is 2.07. The number of hydrogen-bond acceptors (Lipinski definition) is 5. The van der Waals surface area contributed by atoms with Crippen LogP contribution in [0.2, 0.25) is 0 Å². The average molecular weight is 306 g/mol. The topological polar surface area (TPSA) is 66.8 Å². The van der Waals surface area contributed by atoms with Gasteiger partial charge in [-0.2, -0.15) is 0 Å². The molecule has 0 saturated heterocycles. The molecule has 0 aliphatic heterocycles. The number of hydrogen-bond donors (Lipinski definition) is 2. The van der Waals surface area contributed by atoms with Crippen LogP contribution in [0.3, 0.4) is 0 Å². The van der Waals surface area contributed by atoms with Crippen molar-refractivity contribution in [2.45, 2.75) is 19.1 Å². The first kappa shape index (κ1) is 15.8. The maximum Gasteiger partial charge on any atom is 0.185 e. The maximum atomic E-state index is 10.9. The molecule has 0 aliphatic rings. The van der Waals surface area contributed by atoms with Gasteiger partial charge in [0, 0.05) is 12.7 Å². The van der Waals surface area contributed by atoms with Gasteiger partial charge in [0.25, 0.3) is 0 Å². The molecule has 0 fully saturated rings. The zero-order valence-electron chi connectivity index (χ0n) is 11.9. The van der Waals surface area contributed by atoms with Gasteiger partial charge in [-0.05, 0) is 34.5 Å². The molecule has 2 unspecified atom stereocenters. The fraction of sp³-hybridized carbons (Fsp3) is 0.312. The van der Waals surface area contributed by atoms with E-state index in [1.807, 2.05) is 30.3 Å². The van der Waals surface area contributed by atoms with Crippen molar-refractivity contribution in [1.82, 2.24) is 0 Å². The summed E-state index contributed by atoms with van der Waals surface area (Å²) in [5.74, 6) is 0.950. The molecule has 0 amide bonds. The van der Waals surface area contributed by atoms with Crippen LogP contribution < -0.4 is 4.74 Å². The Morgan fingerprint density at radius 1 is 1.19 bits per heavy atom. The van der Waals surface area contributed by atoms with E-state index >= 15 is 0 Å². The van der Waals surface area contributed by atoms with Gasteiger partial charge in [0.05, 0.1) is 13.2 Å². The highest BCUT2D eigenvalue weighted by molar-refractivity contribution is 8.13. The van der Waals surface area contributed by atoms with Crippen molar-refractivity contribution in [2.75, 3.05) is 12.9 Å². The Morgan fingerprint density at radius 3 is 2.52 bits per heavy atom. The van der Waals surface area contributed by atoms with Gasteiger partial charge in [-0.25, -0.2) is 0 Å². The molecule has 0 aliphatic carbocycles. The minimum absolute atomic E-state index is 0.0770. The number of fused-ring (bicyclic) bond motifs is 1. The normalized spacial score (nSPS) is 13.9. The van der Waals surface area contributed by atoms with Gasteiger partial charge < -0.3 is 14.9 Å². The molecule has 21 heavy (non-hydrogen) atoms. The van der Waals surface area contributed by atoms with Gasteiger partial charge in [-0.1, -0.05) is 30.0 Å². The number of aliphatic hydroxyl groups is 2. The Labute approximate surface area is 127 Å². The van der Waals surface area contributed by atoms with Crippen molar-refractivity contribution in [2.24, 2.45) is 0 Å². The summed E-state index contributed by atoms with van der Waals surface area (Å²) in [6.07, 6.45) is -1.99. The zero-order valence-corrected chi connectivity index (χ0v) is 12.8. The Kier molecular flexibility index (Phi) is 5.22. The quantitative estimate of drug-likeness (QED) is 0.888. The molecule has 4 nitrogen and oxygen atoms in total. The Balaban J connectivity index is 2.19. The molecule has 0 aromatic heterocycles. The molecule has 2 atom stereocenters. The van der Waals surface area contributed by atoms with E-state index in [0.29, 0.717) is 5.56 Å². The van der Waals surface area contributed by atoms with E-state index in [4.69, 9.17) is 4.74 Å². The molecule has 0 heterocycles. The van der Waals surface area contributed by atoms with Gasteiger partial charge in [-0.15, -0.1) is 0 Å². The van der Waals surface area contributed by atoms with Crippen LogP contribution in [0, 0.1) is 0 Å². The minimum atomic E-state index is -1.01. The lowest BCUT2D eigenvalue weighted by Crippen LogP contribution is -2.21. The highest BCUT2D eigenvalue weighted by atomic mass is 32.2. The second kappa shape index (κ2) is 6.93. The van der Waals surface area contributed by atoms with Gasteiger partial charge in [0.15, 0.2) is 5.12 Å². The number of thioether (sulfide) groups is 1. The Morgan fingerprint density at radius 2 is 1.86 bits per heavy atom. The number of methoxy groups -OCH3 is 1. The number of benzene rings is 2. The van der Waals surface area contributed by atoms with Crippen LogP contribution in [0.4, 0.5) is 0 Å². The van der Waals surface area contributed by atoms with Crippen LogP contribution in [0.25, 0.3) is 10.8 Å². The van der Waals surface area contributed by atoms with Crippen LogP contribution in [0.5, 0.6) is 5.75 Å². The van der Waals surface area contributed by atoms with Crippen LogP contribution in [-0.2, 0) is 4.79 Å². The zero-order chi connectivity index (χ0) is 15.4. The Hall–Kier alpha value is -1.56. The lowest BCUT2D eigenvalue weighted by atomic mass is 10.0. The van der Waals surface area contributed by atoms with Crippen molar-refractivity contribution in [1.29, 1.82) is 0 Å². The second-order valence-electron chi connectivity index (χ2n) is 4.79. The van der Waals surface area contributed by atoms with E-state index in [9.17, 15) is 15.0 Å². The largest absolute Gasteiger partial charge is 0.497 e. The maximum absolute atomic E-state index is 10.9. The first-order chi connectivity index (χ1) is 10.0. The van der Waals surface area contributed by atoms with Crippen LogP contribution in [0.15, 0.2) is 36.4 Å². The van der Waals surface area contributed by atoms with E-state index in [2.05, 4.69) is 0 Å². The summed E-state index contributed by atoms with van der Waals surface area (Å²) >= 11 is 1.01. The fourth-order valence-corrected chi connectivity index (χ4v) is 2.66.